The molecule has 0 amide bonds. The second kappa shape index (κ2) is 5.81. The molecule has 1 aliphatic rings. The van der Waals surface area contributed by atoms with Crippen molar-refractivity contribution in [2.45, 2.75) is 13.8 Å². The number of hydrogen-bond donors (Lipinski definition) is 1. The van der Waals surface area contributed by atoms with Crippen molar-refractivity contribution in [2.75, 3.05) is 5.32 Å². The monoisotopic (exact) mass is 332 g/mol. The Morgan fingerprint density at radius 3 is 2.38 bits per heavy atom. The summed E-state index contributed by atoms with van der Waals surface area (Å²) in [5.74, 6) is 0. The zero-order valence-corrected chi connectivity index (χ0v) is 14.4. The molecule has 0 fully saturated rings. The zero-order chi connectivity index (χ0) is 16.7. The average Bonchev–Trinajstić information content (AvgIpc) is 2.73. The maximum Gasteiger partial charge on any atom is 0.0875 e. The fraction of sp³-hybridized carbons (Fsp3) is 0.0952. The molecule has 3 aromatic rings. The van der Waals surface area contributed by atoms with E-state index < -0.39 is 0 Å². The van der Waals surface area contributed by atoms with E-state index in [2.05, 4.69) is 43.4 Å². The number of aliphatic imine (C=N–C) groups is 1. The lowest BCUT2D eigenvalue weighted by Crippen LogP contribution is -2.04. The molecule has 0 unspecified atom stereocenters. The lowest BCUT2D eigenvalue weighted by atomic mass is 10.0. The van der Waals surface area contributed by atoms with Crippen LogP contribution in [0.3, 0.4) is 0 Å². The van der Waals surface area contributed by atoms with Gasteiger partial charge in [0, 0.05) is 21.8 Å². The van der Waals surface area contributed by atoms with E-state index in [9.17, 15) is 0 Å². The second-order valence-electron chi connectivity index (χ2n) is 6.09. The van der Waals surface area contributed by atoms with Crippen molar-refractivity contribution in [3.63, 3.8) is 0 Å². The molecular weight excluding hydrogens is 316 g/mol. The molecule has 0 saturated carbocycles. The van der Waals surface area contributed by atoms with Gasteiger partial charge in [0.05, 0.1) is 17.1 Å². The first-order chi connectivity index (χ1) is 11.6. The standard InChI is InChI=1S/C21H17ClN2/c1-13-10-19-20(11-14(13)2)24-21(15-6-4-3-5-7-15)17-12-16(22)8-9-18(17)23-19/h3-12,23H,1-2H3. The number of halogens is 1. The fourth-order valence-corrected chi connectivity index (χ4v) is 3.13. The third-order valence-corrected chi connectivity index (χ3v) is 4.63. The van der Waals surface area contributed by atoms with Crippen molar-refractivity contribution in [1.29, 1.82) is 0 Å². The highest BCUT2D eigenvalue weighted by molar-refractivity contribution is 6.31. The van der Waals surface area contributed by atoms with E-state index in [-0.39, 0.29) is 0 Å². The predicted octanol–water partition coefficient (Wildman–Crippen LogP) is 6.18. The molecule has 0 spiro atoms. The van der Waals surface area contributed by atoms with Gasteiger partial charge in [-0.05, 0) is 55.3 Å². The summed E-state index contributed by atoms with van der Waals surface area (Å²) < 4.78 is 0. The maximum absolute atomic E-state index is 6.26. The molecule has 0 aliphatic carbocycles. The second-order valence-corrected chi connectivity index (χ2v) is 6.53. The Morgan fingerprint density at radius 1 is 0.833 bits per heavy atom. The molecular formula is C21H17ClN2. The number of benzene rings is 3. The van der Waals surface area contributed by atoms with Crippen molar-refractivity contribution in [1.82, 2.24) is 0 Å². The van der Waals surface area contributed by atoms with Gasteiger partial charge in [-0.2, -0.15) is 0 Å². The number of fused-ring (bicyclic) bond motifs is 2. The van der Waals surface area contributed by atoms with Crippen LogP contribution in [0.5, 0.6) is 0 Å². The van der Waals surface area contributed by atoms with Crippen LogP contribution in [-0.4, -0.2) is 5.71 Å². The Labute approximate surface area is 146 Å². The van der Waals surface area contributed by atoms with Gasteiger partial charge in [-0.15, -0.1) is 0 Å². The highest BCUT2D eigenvalue weighted by Gasteiger charge is 2.18. The van der Waals surface area contributed by atoms with Crippen molar-refractivity contribution in [3.8, 4) is 0 Å². The van der Waals surface area contributed by atoms with Crippen LogP contribution in [-0.2, 0) is 0 Å². The van der Waals surface area contributed by atoms with Gasteiger partial charge in [0.25, 0.3) is 0 Å². The summed E-state index contributed by atoms with van der Waals surface area (Å²) in [5.41, 5.74) is 8.49. The van der Waals surface area contributed by atoms with Crippen LogP contribution in [0.15, 0.2) is 65.7 Å². The van der Waals surface area contributed by atoms with E-state index in [1.54, 1.807) is 0 Å². The summed E-state index contributed by atoms with van der Waals surface area (Å²) in [6, 6.07) is 20.4. The van der Waals surface area contributed by atoms with Gasteiger partial charge in [-0.3, -0.25) is 0 Å². The van der Waals surface area contributed by atoms with Crippen LogP contribution in [0.1, 0.15) is 22.3 Å². The van der Waals surface area contributed by atoms with E-state index in [0.29, 0.717) is 5.02 Å². The van der Waals surface area contributed by atoms with Gasteiger partial charge in [0.15, 0.2) is 0 Å². The van der Waals surface area contributed by atoms with Gasteiger partial charge in [0.2, 0.25) is 0 Å². The minimum Gasteiger partial charge on any atom is -0.353 e. The van der Waals surface area contributed by atoms with Crippen LogP contribution in [0.4, 0.5) is 17.1 Å². The van der Waals surface area contributed by atoms with Gasteiger partial charge < -0.3 is 5.32 Å². The number of nitrogens with zero attached hydrogens (tertiary/aromatic N) is 1. The molecule has 0 saturated heterocycles. The SMILES string of the molecule is Cc1cc2c(cc1C)Nc1ccc(Cl)cc1C(c1ccccc1)=N2. The highest BCUT2D eigenvalue weighted by atomic mass is 35.5. The predicted molar refractivity (Wildman–Crippen MR) is 102 cm³/mol. The highest BCUT2D eigenvalue weighted by Crippen LogP contribution is 2.38. The first-order valence-corrected chi connectivity index (χ1v) is 8.32. The number of rotatable bonds is 1. The van der Waals surface area contributed by atoms with Crippen LogP contribution in [0.25, 0.3) is 0 Å². The molecule has 0 aromatic heterocycles. The number of anilines is 2. The Kier molecular flexibility index (Phi) is 3.62. The van der Waals surface area contributed by atoms with Gasteiger partial charge >= 0.3 is 0 Å². The van der Waals surface area contributed by atoms with E-state index >= 15 is 0 Å². The minimum atomic E-state index is 0.706. The Hall–Kier alpha value is -2.58. The zero-order valence-electron chi connectivity index (χ0n) is 13.6. The summed E-state index contributed by atoms with van der Waals surface area (Å²) in [6.07, 6.45) is 0. The van der Waals surface area contributed by atoms with Crippen LogP contribution in [0.2, 0.25) is 5.02 Å². The summed E-state index contributed by atoms with van der Waals surface area (Å²) >= 11 is 6.26. The van der Waals surface area contributed by atoms with Crippen molar-refractivity contribution in [3.05, 3.63) is 87.9 Å². The van der Waals surface area contributed by atoms with E-state index in [0.717, 1.165) is 33.9 Å². The largest absolute Gasteiger partial charge is 0.353 e. The lowest BCUT2D eigenvalue weighted by molar-refractivity contribution is 1.32. The van der Waals surface area contributed by atoms with Crippen LogP contribution < -0.4 is 5.32 Å². The Morgan fingerprint density at radius 2 is 1.58 bits per heavy atom. The van der Waals surface area contributed by atoms with Gasteiger partial charge in [0.1, 0.15) is 0 Å². The molecule has 118 valence electrons. The maximum atomic E-state index is 6.26. The quantitative estimate of drug-likeness (QED) is 0.442. The lowest BCUT2D eigenvalue weighted by Gasteiger charge is -2.12. The topological polar surface area (TPSA) is 24.4 Å². The van der Waals surface area contributed by atoms with Gasteiger partial charge in [-0.1, -0.05) is 41.9 Å². The Balaban J connectivity index is 2.02. The molecule has 3 heteroatoms. The molecule has 1 N–H and O–H groups in total. The van der Waals surface area contributed by atoms with Crippen molar-refractivity contribution in [2.24, 2.45) is 4.99 Å². The fourth-order valence-electron chi connectivity index (χ4n) is 2.96. The first kappa shape index (κ1) is 15.0. The minimum absolute atomic E-state index is 0.706. The average molecular weight is 333 g/mol. The smallest absolute Gasteiger partial charge is 0.0875 e. The molecule has 2 nitrogen and oxygen atoms in total. The normalized spacial score (nSPS) is 12.5. The third kappa shape index (κ3) is 2.59. The summed E-state index contributed by atoms with van der Waals surface area (Å²) in [5, 5.41) is 4.23. The van der Waals surface area contributed by atoms with Crippen molar-refractivity contribution >= 4 is 34.4 Å². The Bertz CT molecular complexity index is 959. The number of hydrogen-bond acceptors (Lipinski definition) is 2. The molecule has 0 radical (unpaired) electrons. The van der Waals surface area contributed by atoms with E-state index in [4.69, 9.17) is 16.6 Å². The first-order valence-electron chi connectivity index (χ1n) is 7.94. The van der Waals surface area contributed by atoms with Crippen molar-refractivity contribution < 1.29 is 0 Å². The summed E-state index contributed by atoms with van der Waals surface area (Å²) in [6.45, 7) is 4.23. The van der Waals surface area contributed by atoms with Gasteiger partial charge in [-0.25, -0.2) is 4.99 Å². The molecule has 1 aliphatic heterocycles. The van der Waals surface area contributed by atoms with Crippen LogP contribution >= 0.6 is 11.6 Å². The summed E-state index contributed by atoms with van der Waals surface area (Å²) in [7, 11) is 0. The summed E-state index contributed by atoms with van der Waals surface area (Å²) in [4.78, 5) is 4.99. The van der Waals surface area contributed by atoms with E-state index in [1.165, 1.54) is 11.1 Å². The molecule has 0 atom stereocenters. The number of nitrogens with one attached hydrogen (secondary N) is 1. The van der Waals surface area contributed by atoms with Crippen LogP contribution in [0, 0.1) is 13.8 Å². The third-order valence-electron chi connectivity index (χ3n) is 4.40. The molecule has 0 bridgehead atoms. The molecule has 24 heavy (non-hydrogen) atoms. The number of aryl methyl sites for hydroxylation is 2. The molecule has 4 rings (SSSR count). The molecule has 1 heterocycles. The molecule has 3 aromatic carbocycles. The van der Waals surface area contributed by atoms with E-state index in [1.807, 2.05) is 36.4 Å².